The molecule has 2 aromatic carbocycles. The van der Waals surface area contributed by atoms with Crippen LogP contribution in [-0.2, 0) is 16.8 Å². The second kappa shape index (κ2) is 8.37. The van der Waals surface area contributed by atoms with E-state index in [-0.39, 0.29) is 5.91 Å². The number of ether oxygens (including phenoxy) is 1. The van der Waals surface area contributed by atoms with Crippen molar-refractivity contribution in [2.45, 2.75) is 37.6 Å². The van der Waals surface area contributed by atoms with E-state index >= 15 is 0 Å². The number of carbonyl (C=O) groups is 1. The fourth-order valence-corrected chi connectivity index (χ4v) is 4.23. The molecule has 1 aliphatic rings. The lowest BCUT2D eigenvalue weighted by atomic mass is 9.78. The third-order valence-corrected chi connectivity index (χ3v) is 6.08. The van der Waals surface area contributed by atoms with Crippen LogP contribution >= 0.6 is 15.9 Å². The van der Waals surface area contributed by atoms with E-state index in [1.807, 2.05) is 48.5 Å². The van der Waals surface area contributed by atoms with Gasteiger partial charge in [-0.1, -0.05) is 53.0 Å². The van der Waals surface area contributed by atoms with Crippen LogP contribution in [0.1, 0.15) is 36.8 Å². The molecule has 3 aromatic rings. The van der Waals surface area contributed by atoms with Gasteiger partial charge in [0.05, 0.1) is 19.1 Å². The molecule has 1 amide bonds. The highest BCUT2D eigenvalue weighted by Gasteiger charge is 2.43. The molecule has 1 N–H and O–H groups in total. The molecule has 0 bridgehead atoms. The molecule has 0 atom stereocenters. The Labute approximate surface area is 178 Å². The summed E-state index contributed by atoms with van der Waals surface area (Å²) >= 11 is 3.44. The Balaban J connectivity index is 1.49. The summed E-state index contributed by atoms with van der Waals surface area (Å²) in [4.78, 5) is 17.5. The van der Waals surface area contributed by atoms with Gasteiger partial charge in [-0.2, -0.15) is 0 Å². The average molecular weight is 455 g/mol. The number of hydrogen-bond acceptors (Lipinski definition) is 4. The fraction of sp³-hybridized carbons (Fsp3) is 0.318. The van der Waals surface area contributed by atoms with E-state index in [4.69, 9.17) is 4.74 Å². The number of amides is 1. The first-order valence-electron chi connectivity index (χ1n) is 9.69. The number of aromatic nitrogens is 3. The normalized spacial score (nSPS) is 15.2. The van der Waals surface area contributed by atoms with Crippen molar-refractivity contribution in [3.63, 3.8) is 0 Å². The van der Waals surface area contributed by atoms with Crippen LogP contribution in [0.25, 0.3) is 0 Å². The quantitative estimate of drug-likeness (QED) is 0.592. The van der Waals surface area contributed by atoms with Crippen molar-refractivity contribution in [1.82, 2.24) is 14.8 Å². The molecular weight excluding hydrogens is 432 g/mol. The van der Waals surface area contributed by atoms with Crippen molar-refractivity contribution in [3.05, 3.63) is 70.5 Å². The van der Waals surface area contributed by atoms with Gasteiger partial charge in [0.1, 0.15) is 12.1 Å². The lowest BCUT2D eigenvalue weighted by molar-refractivity contribution is -0.121. The summed E-state index contributed by atoms with van der Waals surface area (Å²) in [6, 6.07) is 15.8. The van der Waals surface area contributed by atoms with Crippen LogP contribution in [0.15, 0.2) is 59.3 Å². The van der Waals surface area contributed by atoms with Crippen LogP contribution in [-0.4, -0.2) is 27.8 Å². The zero-order valence-corrected chi connectivity index (χ0v) is 17.9. The van der Waals surface area contributed by atoms with E-state index in [0.717, 1.165) is 47.0 Å². The SMILES string of the molecule is COc1ccc(C2(C(=O)Nc3ncn(Cc4ccc(Br)cc4)n3)CCCC2)cc1. The predicted octanol–water partition coefficient (Wildman–Crippen LogP) is 4.55. The van der Waals surface area contributed by atoms with Gasteiger partial charge in [-0.05, 0) is 48.2 Å². The molecule has 1 heterocycles. The Bertz CT molecular complexity index is 977. The molecule has 1 saturated carbocycles. The maximum Gasteiger partial charge on any atom is 0.248 e. The fourth-order valence-electron chi connectivity index (χ4n) is 3.96. The topological polar surface area (TPSA) is 69.0 Å². The molecule has 1 fully saturated rings. The van der Waals surface area contributed by atoms with Crippen LogP contribution < -0.4 is 10.1 Å². The molecule has 0 spiro atoms. The monoisotopic (exact) mass is 454 g/mol. The van der Waals surface area contributed by atoms with Gasteiger partial charge in [-0.3, -0.25) is 10.1 Å². The van der Waals surface area contributed by atoms with E-state index < -0.39 is 5.41 Å². The summed E-state index contributed by atoms with van der Waals surface area (Å²) in [5, 5.41) is 7.38. The molecule has 1 aliphatic carbocycles. The van der Waals surface area contributed by atoms with Crippen molar-refractivity contribution in [2.24, 2.45) is 0 Å². The summed E-state index contributed by atoms with van der Waals surface area (Å²) in [7, 11) is 1.64. The number of anilines is 1. The zero-order chi connectivity index (χ0) is 20.3. The molecule has 7 heteroatoms. The van der Waals surface area contributed by atoms with Gasteiger partial charge in [0.15, 0.2) is 0 Å². The van der Waals surface area contributed by atoms with Crippen molar-refractivity contribution in [3.8, 4) is 5.75 Å². The van der Waals surface area contributed by atoms with E-state index in [1.165, 1.54) is 0 Å². The van der Waals surface area contributed by atoms with Gasteiger partial charge in [-0.25, -0.2) is 9.67 Å². The van der Waals surface area contributed by atoms with Crippen LogP contribution in [0.5, 0.6) is 5.75 Å². The highest BCUT2D eigenvalue weighted by atomic mass is 79.9. The van der Waals surface area contributed by atoms with Crippen LogP contribution in [0.4, 0.5) is 5.95 Å². The van der Waals surface area contributed by atoms with Crippen LogP contribution in [0, 0.1) is 0 Å². The number of methoxy groups -OCH3 is 1. The largest absolute Gasteiger partial charge is 0.497 e. The number of benzene rings is 2. The van der Waals surface area contributed by atoms with Crippen molar-refractivity contribution in [1.29, 1.82) is 0 Å². The van der Waals surface area contributed by atoms with E-state index in [2.05, 4.69) is 31.3 Å². The second-order valence-electron chi connectivity index (χ2n) is 7.36. The third kappa shape index (κ3) is 4.19. The first kappa shape index (κ1) is 19.6. The first-order chi connectivity index (χ1) is 14.1. The smallest absolute Gasteiger partial charge is 0.248 e. The summed E-state index contributed by atoms with van der Waals surface area (Å²) in [6.45, 7) is 0.597. The van der Waals surface area contributed by atoms with E-state index in [9.17, 15) is 4.79 Å². The Morgan fingerprint density at radius 2 is 1.83 bits per heavy atom. The number of halogens is 1. The Kier molecular flexibility index (Phi) is 5.67. The van der Waals surface area contributed by atoms with Gasteiger partial charge < -0.3 is 4.74 Å². The summed E-state index contributed by atoms with van der Waals surface area (Å²) in [6.07, 6.45) is 5.36. The molecule has 6 nitrogen and oxygen atoms in total. The number of hydrogen-bond donors (Lipinski definition) is 1. The molecule has 1 aromatic heterocycles. The lowest BCUT2D eigenvalue weighted by Gasteiger charge is -2.27. The van der Waals surface area contributed by atoms with E-state index in [0.29, 0.717) is 12.5 Å². The molecular formula is C22H23BrN4O2. The number of rotatable bonds is 6. The van der Waals surface area contributed by atoms with Gasteiger partial charge in [0, 0.05) is 4.47 Å². The molecule has 4 rings (SSSR count). The van der Waals surface area contributed by atoms with E-state index in [1.54, 1.807) is 18.1 Å². The molecule has 0 unspecified atom stereocenters. The highest BCUT2D eigenvalue weighted by Crippen LogP contribution is 2.42. The maximum absolute atomic E-state index is 13.3. The standard InChI is InChI=1S/C22H23BrN4O2/c1-29-19-10-6-17(7-11-19)22(12-2-3-13-22)20(28)25-21-24-15-27(26-21)14-16-4-8-18(23)9-5-16/h4-11,15H,2-3,12-14H2,1H3,(H,25,26,28). The van der Waals surface area contributed by atoms with Gasteiger partial charge in [0.25, 0.3) is 0 Å². The predicted molar refractivity (Wildman–Crippen MR) is 115 cm³/mol. The minimum Gasteiger partial charge on any atom is -0.497 e. The first-order valence-corrected chi connectivity index (χ1v) is 10.5. The minimum atomic E-state index is -0.538. The minimum absolute atomic E-state index is 0.0402. The number of nitrogens with one attached hydrogen (secondary N) is 1. The van der Waals surface area contributed by atoms with Crippen molar-refractivity contribution in [2.75, 3.05) is 12.4 Å². The molecule has 0 radical (unpaired) electrons. The van der Waals surface area contributed by atoms with Crippen molar-refractivity contribution >= 4 is 27.8 Å². The molecule has 0 aliphatic heterocycles. The second-order valence-corrected chi connectivity index (χ2v) is 8.28. The molecule has 150 valence electrons. The zero-order valence-electron chi connectivity index (χ0n) is 16.3. The van der Waals surface area contributed by atoms with Gasteiger partial charge >= 0.3 is 0 Å². The number of carbonyl (C=O) groups excluding carboxylic acids is 1. The van der Waals surface area contributed by atoms with Crippen LogP contribution in [0.3, 0.4) is 0 Å². The summed E-state index contributed by atoms with van der Waals surface area (Å²) in [5.74, 6) is 1.09. The maximum atomic E-state index is 13.3. The third-order valence-electron chi connectivity index (χ3n) is 5.55. The Hall–Kier alpha value is -2.67. The van der Waals surface area contributed by atoms with Crippen LogP contribution in [0.2, 0.25) is 0 Å². The summed E-state index contributed by atoms with van der Waals surface area (Å²) in [5.41, 5.74) is 1.59. The summed E-state index contributed by atoms with van der Waals surface area (Å²) < 4.78 is 8.02. The Morgan fingerprint density at radius 3 is 2.48 bits per heavy atom. The van der Waals surface area contributed by atoms with Crippen molar-refractivity contribution < 1.29 is 9.53 Å². The molecule has 29 heavy (non-hydrogen) atoms. The molecule has 0 saturated heterocycles. The average Bonchev–Trinajstić information content (AvgIpc) is 3.40. The Morgan fingerprint density at radius 1 is 1.14 bits per heavy atom. The lowest BCUT2D eigenvalue weighted by Crippen LogP contribution is -2.38. The van der Waals surface area contributed by atoms with Gasteiger partial charge in [-0.15, -0.1) is 5.10 Å². The highest BCUT2D eigenvalue weighted by molar-refractivity contribution is 9.10. The number of nitrogens with zero attached hydrogens (tertiary/aromatic N) is 3. The van der Waals surface area contributed by atoms with Gasteiger partial charge in [0.2, 0.25) is 11.9 Å².